The zero-order valence-corrected chi connectivity index (χ0v) is 18.7. The average molecular weight is 461 g/mol. The number of carbonyl (C=O) groups is 2. The van der Waals surface area contributed by atoms with Crippen LogP contribution in [-0.4, -0.2) is 31.0 Å². The third kappa shape index (κ3) is 3.84. The van der Waals surface area contributed by atoms with Crippen LogP contribution in [0.15, 0.2) is 48.9 Å². The first-order chi connectivity index (χ1) is 16.2. The lowest BCUT2D eigenvalue weighted by Crippen LogP contribution is -2.14. The monoisotopic (exact) mass is 461 g/mol. The smallest absolute Gasteiger partial charge is 0.257 e. The number of aromatic nitrogens is 3. The van der Waals surface area contributed by atoms with Crippen molar-refractivity contribution < 1.29 is 19.1 Å². The molecule has 4 N–H and O–H groups in total. The number of anilines is 2. The zero-order valence-electron chi connectivity index (χ0n) is 18.7. The first kappa shape index (κ1) is 21.8. The molecule has 34 heavy (non-hydrogen) atoms. The van der Waals surface area contributed by atoms with Crippen molar-refractivity contribution in [3.8, 4) is 11.1 Å². The van der Waals surface area contributed by atoms with Crippen molar-refractivity contribution in [1.82, 2.24) is 14.2 Å². The fourth-order valence-electron chi connectivity index (χ4n) is 4.06. The minimum atomic E-state index is -0.882. The maximum atomic E-state index is 15.6. The summed E-state index contributed by atoms with van der Waals surface area (Å²) in [6, 6.07) is 7.98. The number of aliphatic hydroxyl groups is 1. The van der Waals surface area contributed by atoms with Crippen LogP contribution in [0.1, 0.15) is 65.2 Å². The Labute approximate surface area is 194 Å². The van der Waals surface area contributed by atoms with E-state index < -0.39 is 17.8 Å². The summed E-state index contributed by atoms with van der Waals surface area (Å²) in [6.45, 7) is 2.97. The van der Waals surface area contributed by atoms with E-state index in [9.17, 15) is 14.7 Å². The van der Waals surface area contributed by atoms with Gasteiger partial charge in [0, 0.05) is 36.1 Å². The van der Waals surface area contributed by atoms with Gasteiger partial charge < -0.3 is 20.6 Å². The molecule has 0 saturated heterocycles. The second kappa shape index (κ2) is 8.11. The van der Waals surface area contributed by atoms with Crippen molar-refractivity contribution in [2.75, 3.05) is 11.1 Å². The van der Waals surface area contributed by atoms with Gasteiger partial charge in [-0.25, -0.2) is 4.39 Å². The predicted molar refractivity (Wildman–Crippen MR) is 126 cm³/mol. The molecular weight excluding hydrogens is 437 g/mol. The lowest BCUT2D eigenvalue weighted by atomic mass is 10.0. The number of nitrogens with two attached hydrogens (primary N) is 1. The van der Waals surface area contributed by atoms with Gasteiger partial charge in [-0.2, -0.15) is 5.10 Å². The van der Waals surface area contributed by atoms with Crippen LogP contribution in [0.5, 0.6) is 0 Å². The van der Waals surface area contributed by atoms with Gasteiger partial charge in [-0.3, -0.25) is 14.3 Å². The molecule has 3 aromatic heterocycles. The Kier molecular flexibility index (Phi) is 5.21. The van der Waals surface area contributed by atoms with E-state index in [1.54, 1.807) is 48.1 Å². The van der Waals surface area contributed by atoms with Gasteiger partial charge in [-0.05, 0) is 55.7 Å². The minimum Gasteiger partial charge on any atom is -0.399 e. The number of nitrogen functional groups attached to an aromatic ring is 1. The number of pyridine rings is 1. The Morgan fingerprint density at radius 1 is 1.26 bits per heavy atom. The fraction of sp³-hybridized carbons (Fsp3) is 0.240. The van der Waals surface area contributed by atoms with Crippen molar-refractivity contribution in [3.05, 3.63) is 71.6 Å². The zero-order chi connectivity index (χ0) is 24.1. The normalized spacial score (nSPS) is 14.4. The van der Waals surface area contributed by atoms with Gasteiger partial charge in [0.25, 0.3) is 5.91 Å². The van der Waals surface area contributed by atoms with Crippen molar-refractivity contribution in [1.29, 1.82) is 0 Å². The molecule has 0 aliphatic heterocycles. The first-order valence-electron chi connectivity index (χ1n) is 11.0. The molecule has 1 saturated carbocycles. The second-order valence-corrected chi connectivity index (χ2v) is 8.72. The van der Waals surface area contributed by atoms with Gasteiger partial charge in [-0.15, -0.1) is 0 Å². The quantitative estimate of drug-likeness (QED) is 0.369. The van der Waals surface area contributed by atoms with Crippen molar-refractivity contribution >= 4 is 28.6 Å². The number of fused-ring (bicyclic) bond motifs is 1. The Bertz CT molecular complexity index is 1450. The van der Waals surface area contributed by atoms with Gasteiger partial charge in [0.1, 0.15) is 0 Å². The van der Waals surface area contributed by atoms with Gasteiger partial charge >= 0.3 is 0 Å². The highest BCUT2D eigenvalue weighted by Crippen LogP contribution is 2.37. The van der Waals surface area contributed by atoms with Crippen LogP contribution in [0.2, 0.25) is 0 Å². The fourth-order valence-corrected chi connectivity index (χ4v) is 4.06. The van der Waals surface area contributed by atoms with E-state index in [0.29, 0.717) is 34.1 Å². The van der Waals surface area contributed by atoms with Crippen LogP contribution >= 0.6 is 0 Å². The number of aliphatic hydroxyl groups excluding tert-OH is 1. The van der Waals surface area contributed by atoms with Gasteiger partial charge in [0.2, 0.25) is 0 Å². The molecule has 4 aromatic rings. The Morgan fingerprint density at radius 3 is 2.71 bits per heavy atom. The molecule has 1 aromatic carbocycles. The molecule has 0 radical (unpaired) electrons. The Hall–Kier alpha value is -3.98. The van der Waals surface area contributed by atoms with Gasteiger partial charge in [-0.1, -0.05) is 0 Å². The van der Waals surface area contributed by atoms with E-state index in [0.717, 1.165) is 12.8 Å². The molecule has 1 amide bonds. The summed E-state index contributed by atoms with van der Waals surface area (Å²) < 4.78 is 19.0. The number of nitrogens with one attached hydrogen (secondary N) is 1. The first-order valence-corrected chi connectivity index (χ1v) is 11.0. The van der Waals surface area contributed by atoms with Crippen LogP contribution in [0.4, 0.5) is 15.8 Å². The topological polar surface area (TPSA) is 115 Å². The lowest BCUT2D eigenvalue weighted by Gasteiger charge is -2.14. The number of amides is 1. The lowest BCUT2D eigenvalue weighted by molar-refractivity contribution is 0.101. The number of carbonyl (C=O) groups excluding carboxylic acids is 2. The van der Waals surface area contributed by atoms with Crippen LogP contribution in [0, 0.1) is 5.82 Å². The van der Waals surface area contributed by atoms with Crippen molar-refractivity contribution in [3.63, 3.8) is 0 Å². The second-order valence-electron chi connectivity index (χ2n) is 8.72. The van der Waals surface area contributed by atoms with Crippen LogP contribution < -0.4 is 11.1 Å². The average Bonchev–Trinajstić information content (AvgIpc) is 3.39. The summed E-state index contributed by atoms with van der Waals surface area (Å²) in [5.41, 5.74) is 8.40. The third-order valence-electron chi connectivity index (χ3n) is 6.06. The van der Waals surface area contributed by atoms with Crippen LogP contribution in [0.25, 0.3) is 16.6 Å². The number of halogens is 1. The summed E-state index contributed by atoms with van der Waals surface area (Å²) >= 11 is 0. The molecule has 1 aliphatic rings. The molecule has 8 nitrogen and oxygen atoms in total. The molecule has 0 spiro atoms. The number of hydrogen-bond acceptors (Lipinski definition) is 5. The van der Waals surface area contributed by atoms with E-state index >= 15 is 4.39 Å². The van der Waals surface area contributed by atoms with E-state index in [2.05, 4.69) is 10.4 Å². The standard InChI is InChI=1S/C25H24FN5O3/c1-13(32)15-7-19(16-11-28-31(12-16)18-3-4-18)24(26)21(8-15)29-25(34)20-10-22(14(2)33)30-6-5-17(27)9-23(20)30/h5-13,18,32H,3-4,27H2,1-2H3,(H,29,34). The van der Waals surface area contributed by atoms with Crippen molar-refractivity contribution in [2.45, 2.75) is 38.8 Å². The number of ketones is 1. The molecular formula is C25H24FN5O3. The molecule has 174 valence electrons. The minimum absolute atomic E-state index is 0.0785. The van der Waals surface area contributed by atoms with E-state index in [1.165, 1.54) is 19.1 Å². The molecule has 9 heteroatoms. The van der Waals surface area contributed by atoms with Gasteiger partial charge in [0.05, 0.1) is 40.8 Å². The SMILES string of the molecule is CC(=O)c1cc(C(=O)Nc2cc(C(C)O)cc(-c3cnn(C4CC4)c3)c2F)c2cc(N)ccn12. The molecule has 1 unspecified atom stereocenters. The number of rotatable bonds is 6. The number of Topliss-reactive ketones (excluding diaryl/α,β-unsaturated/α-hetero) is 1. The molecule has 3 heterocycles. The summed E-state index contributed by atoms with van der Waals surface area (Å²) in [4.78, 5) is 25.3. The third-order valence-corrected chi connectivity index (χ3v) is 6.06. The van der Waals surface area contributed by atoms with Crippen LogP contribution in [0.3, 0.4) is 0 Å². The highest BCUT2D eigenvalue weighted by molar-refractivity contribution is 6.11. The number of nitrogens with zero attached hydrogens (tertiary/aromatic N) is 3. The Balaban J connectivity index is 1.56. The summed E-state index contributed by atoms with van der Waals surface area (Å²) in [6.07, 6.45) is 6.16. The summed E-state index contributed by atoms with van der Waals surface area (Å²) in [5, 5.41) is 17.1. The molecule has 1 atom stereocenters. The van der Waals surface area contributed by atoms with Gasteiger partial charge in [0.15, 0.2) is 11.6 Å². The number of benzene rings is 1. The van der Waals surface area contributed by atoms with Crippen molar-refractivity contribution in [2.24, 2.45) is 0 Å². The summed E-state index contributed by atoms with van der Waals surface area (Å²) in [5.74, 6) is -1.46. The van der Waals surface area contributed by atoms with E-state index in [-0.39, 0.29) is 22.6 Å². The van der Waals surface area contributed by atoms with E-state index in [1.807, 2.05) is 4.68 Å². The maximum Gasteiger partial charge on any atom is 0.257 e. The Morgan fingerprint density at radius 2 is 2.03 bits per heavy atom. The molecule has 0 bridgehead atoms. The highest BCUT2D eigenvalue weighted by atomic mass is 19.1. The number of hydrogen-bond donors (Lipinski definition) is 3. The largest absolute Gasteiger partial charge is 0.399 e. The predicted octanol–water partition coefficient (Wildman–Crippen LogP) is 4.37. The molecule has 1 fully saturated rings. The molecule has 1 aliphatic carbocycles. The maximum absolute atomic E-state index is 15.6. The summed E-state index contributed by atoms with van der Waals surface area (Å²) in [7, 11) is 0. The van der Waals surface area contributed by atoms with Crippen LogP contribution in [-0.2, 0) is 0 Å². The van der Waals surface area contributed by atoms with E-state index in [4.69, 9.17) is 5.73 Å². The molecule has 5 rings (SSSR count). The highest BCUT2D eigenvalue weighted by Gasteiger charge is 2.26.